The van der Waals surface area contributed by atoms with Crippen molar-refractivity contribution in [2.45, 2.75) is 22.6 Å². The summed E-state index contributed by atoms with van der Waals surface area (Å²) >= 11 is 0. The van der Waals surface area contributed by atoms with Gasteiger partial charge >= 0.3 is 0 Å². The molecular formula is C13H22ClN3O4S2. The van der Waals surface area contributed by atoms with Gasteiger partial charge in [0.05, 0.1) is 9.79 Å². The van der Waals surface area contributed by atoms with E-state index in [0.29, 0.717) is 12.5 Å². The average Bonchev–Trinajstić information content (AvgIpc) is 3.00. The van der Waals surface area contributed by atoms with Crippen molar-refractivity contribution in [3.05, 3.63) is 24.3 Å². The normalized spacial score (nSPS) is 18.6. The molecule has 1 saturated heterocycles. The molecule has 1 atom stereocenters. The maximum Gasteiger partial charge on any atom is 0.240 e. The van der Waals surface area contributed by atoms with Gasteiger partial charge in [0.25, 0.3) is 0 Å². The Balaban J connectivity index is 0.00000264. The Morgan fingerprint density at radius 1 is 1.09 bits per heavy atom. The highest BCUT2D eigenvalue weighted by Gasteiger charge is 2.18. The summed E-state index contributed by atoms with van der Waals surface area (Å²) in [6.07, 6.45) is 1.86. The molecule has 1 aliphatic rings. The number of hydrogen-bond donors (Lipinski definition) is 3. The molecule has 1 aliphatic heterocycles. The summed E-state index contributed by atoms with van der Waals surface area (Å²) in [7, 11) is -5.86. The van der Waals surface area contributed by atoms with E-state index in [1.165, 1.54) is 31.3 Å². The van der Waals surface area contributed by atoms with Crippen LogP contribution in [0.5, 0.6) is 0 Å². The highest BCUT2D eigenvalue weighted by atomic mass is 35.5. The zero-order valence-corrected chi connectivity index (χ0v) is 15.2. The molecule has 0 bridgehead atoms. The van der Waals surface area contributed by atoms with Crippen LogP contribution in [0.25, 0.3) is 0 Å². The highest BCUT2D eigenvalue weighted by molar-refractivity contribution is 7.90. The summed E-state index contributed by atoms with van der Waals surface area (Å²) in [4.78, 5) is 0.0954. The molecule has 0 spiro atoms. The van der Waals surface area contributed by atoms with Crippen molar-refractivity contribution >= 4 is 32.5 Å². The third-order valence-electron chi connectivity index (χ3n) is 3.72. The van der Waals surface area contributed by atoms with Crippen LogP contribution in [0.15, 0.2) is 34.1 Å². The molecule has 1 unspecified atom stereocenters. The van der Waals surface area contributed by atoms with Gasteiger partial charge in [0.2, 0.25) is 20.0 Å². The Morgan fingerprint density at radius 3 is 2.13 bits per heavy atom. The first-order valence-electron chi connectivity index (χ1n) is 7.09. The van der Waals surface area contributed by atoms with Crippen molar-refractivity contribution in [2.75, 3.05) is 26.7 Å². The van der Waals surface area contributed by atoms with E-state index in [1.54, 1.807) is 0 Å². The standard InChI is InChI=1S/C13H21N3O4S2.ClH/c1-14-21(17,18)12-2-4-13(5-3-12)22(19,20)16-9-7-11-6-8-15-10-11;/h2-5,11,14-16H,6-10H2,1H3;1H. The fourth-order valence-corrected chi connectivity index (χ4v) is 4.14. The lowest BCUT2D eigenvalue weighted by Crippen LogP contribution is -2.26. The first-order valence-corrected chi connectivity index (χ1v) is 10.1. The summed E-state index contributed by atoms with van der Waals surface area (Å²) in [5.41, 5.74) is 0. The molecule has 1 aromatic carbocycles. The minimum atomic E-state index is -3.61. The number of benzene rings is 1. The summed E-state index contributed by atoms with van der Waals surface area (Å²) in [6.45, 7) is 2.29. The fourth-order valence-electron chi connectivity index (χ4n) is 2.36. The van der Waals surface area contributed by atoms with Crippen molar-refractivity contribution < 1.29 is 16.8 Å². The van der Waals surface area contributed by atoms with Crippen LogP contribution in [0.3, 0.4) is 0 Å². The van der Waals surface area contributed by atoms with Crippen LogP contribution in [-0.2, 0) is 20.0 Å². The Labute approximate surface area is 143 Å². The van der Waals surface area contributed by atoms with Crippen molar-refractivity contribution in [1.29, 1.82) is 0 Å². The minimum Gasteiger partial charge on any atom is -0.316 e. The summed E-state index contributed by atoms with van der Waals surface area (Å²) < 4.78 is 52.2. The van der Waals surface area contributed by atoms with E-state index < -0.39 is 20.0 Å². The van der Waals surface area contributed by atoms with Gasteiger partial charge in [-0.1, -0.05) is 0 Å². The molecule has 0 radical (unpaired) electrons. The van der Waals surface area contributed by atoms with Crippen molar-refractivity contribution in [3.8, 4) is 0 Å². The maximum absolute atomic E-state index is 12.1. The molecule has 3 N–H and O–H groups in total. The maximum atomic E-state index is 12.1. The van der Waals surface area contributed by atoms with Gasteiger partial charge in [-0.2, -0.15) is 0 Å². The van der Waals surface area contributed by atoms with Gasteiger partial charge in [0.1, 0.15) is 0 Å². The summed E-state index contributed by atoms with van der Waals surface area (Å²) in [6, 6.07) is 5.15. The molecule has 0 amide bonds. The monoisotopic (exact) mass is 383 g/mol. The van der Waals surface area contributed by atoms with Crippen molar-refractivity contribution in [2.24, 2.45) is 5.92 Å². The van der Waals surface area contributed by atoms with Gasteiger partial charge in [0, 0.05) is 6.54 Å². The summed E-state index contributed by atoms with van der Waals surface area (Å²) in [5.74, 6) is 0.505. The lowest BCUT2D eigenvalue weighted by atomic mass is 10.1. The van der Waals surface area contributed by atoms with Crippen LogP contribution in [-0.4, -0.2) is 43.5 Å². The molecule has 23 heavy (non-hydrogen) atoms. The van der Waals surface area contributed by atoms with Gasteiger partial charge in [-0.25, -0.2) is 26.3 Å². The minimum absolute atomic E-state index is 0. The fraction of sp³-hybridized carbons (Fsp3) is 0.538. The lowest BCUT2D eigenvalue weighted by molar-refractivity contribution is 0.519. The van der Waals surface area contributed by atoms with Crippen LogP contribution in [0, 0.1) is 5.92 Å². The number of hydrogen-bond acceptors (Lipinski definition) is 5. The highest BCUT2D eigenvalue weighted by Crippen LogP contribution is 2.15. The van der Waals surface area contributed by atoms with Gasteiger partial charge in [-0.15, -0.1) is 12.4 Å². The molecule has 1 heterocycles. The molecule has 0 aromatic heterocycles. The van der Waals surface area contributed by atoms with Crippen LogP contribution in [0.4, 0.5) is 0 Å². The molecule has 2 rings (SSSR count). The first-order chi connectivity index (χ1) is 10.3. The third-order valence-corrected chi connectivity index (χ3v) is 6.63. The summed E-state index contributed by atoms with van der Waals surface area (Å²) in [5, 5.41) is 3.24. The SMILES string of the molecule is CNS(=O)(=O)c1ccc(S(=O)(=O)NCCC2CCNC2)cc1.Cl. The van der Waals surface area contributed by atoms with Crippen molar-refractivity contribution in [1.82, 2.24) is 14.8 Å². The molecule has 0 aliphatic carbocycles. The van der Waals surface area contributed by atoms with E-state index in [0.717, 1.165) is 25.9 Å². The zero-order chi connectivity index (χ0) is 16.2. The molecule has 1 fully saturated rings. The van der Waals surface area contributed by atoms with Gasteiger partial charge in [-0.05, 0) is 63.2 Å². The molecule has 10 heteroatoms. The van der Waals surface area contributed by atoms with E-state index in [9.17, 15) is 16.8 Å². The molecule has 132 valence electrons. The van der Waals surface area contributed by atoms with Crippen molar-refractivity contribution in [3.63, 3.8) is 0 Å². The second-order valence-corrected chi connectivity index (χ2v) is 8.88. The third kappa shape index (κ3) is 5.40. The Kier molecular flexibility index (Phi) is 7.43. The lowest BCUT2D eigenvalue weighted by Gasteiger charge is -2.10. The van der Waals surface area contributed by atoms with E-state index in [2.05, 4.69) is 14.8 Å². The number of sulfonamides is 2. The second-order valence-electron chi connectivity index (χ2n) is 5.22. The predicted octanol–water partition coefficient (Wildman–Crippen LogP) is 0.294. The van der Waals surface area contributed by atoms with Gasteiger partial charge < -0.3 is 5.32 Å². The van der Waals surface area contributed by atoms with E-state index in [-0.39, 0.29) is 22.2 Å². The number of halogens is 1. The van der Waals surface area contributed by atoms with Gasteiger partial charge in [-0.3, -0.25) is 0 Å². The van der Waals surface area contributed by atoms with Gasteiger partial charge in [0.15, 0.2) is 0 Å². The quantitative estimate of drug-likeness (QED) is 0.628. The van der Waals surface area contributed by atoms with Crippen LogP contribution in [0.1, 0.15) is 12.8 Å². The van der Waals surface area contributed by atoms with Crippen LogP contribution in [0.2, 0.25) is 0 Å². The molecule has 0 saturated carbocycles. The largest absolute Gasteiger partial charge is 0.316 e. The predicted molar refractivity (Wildman–Crippen MR) is 90.7 cm³/mol. The molecule has 1 aromatic rings. The average molecular weight is 384 g/mol. The smallest absolute Gasteiger partial charge is 0.240 e. The van der Waals surface area contributed by atoms with E-state index >= 15 is 0 Å². The zero-order valence-electron chi connectivity index (χ0n) is 12.8. The van der Waals surface area contributed by atoms with Crippen LogP contribution < -0.4 is 14.8 Å². The van der Waals surface area contributed by atoms with Crippen LogP contribution >= 0.6 is 12.4 Å². The first kappa shape index (κ1) is 20.3. The Hall–Kier alpha value is -0.710. The number of rotatable bonds is 7. The topological polar surface area (TPSA) is 104 Å². The molecule has 7 nitrogen and oxygen atoms in total. The molecular weight excluding hydrogens is 362 g/mol. The Bertz CT molecular complexity index is 699. The second kappa shape index (κ2) is 8.41. The number of nitrogens with one attached hydrogen (secondary N) is 3. The van der Waals surface area contributed by atoms with E-state index in [4.69, 9.17) is 0 Å². The van der Waals surface area contributed by atoms with E-state index in [1.807, 2.05) is 0 Å². The Morgan fingerprint density at radius 2 is 1.65 bits per heavy atom.